The summed E-state index contributed by atoms with van der Waals surface area (Å²) >= 11 is 0. The zero-order valence-corrected chi connectivity index (χ0v) is 15.4. The van der Waals surface area contributed by atoms with Crippen LogP contribution in [0, 0.1) is 0 Å². The van der Waals surface area contributed by atoms with Gasteiger partial charge in [-0.25, -0.2) is 4.79 Å². The molecule has 2 amide bonds. The van der Waals surface area contributed by atoms with Crippen LogP contribution < -0.4 is 32.3 Å². The Hall–Kier alpha value is -1.42. The number of rotatable bonds is 18. The molecular weight excluding hydrogens is 324 g/mol. The van der Waals surface area contributed by atoms with Crippen molar-refractivity contribution >= 4 is 12.0 Å². The lowest BCUT2D eigenvalue weighted by molar-refractivity contribution is -0.135. The van der Waals surface area contributed by atoms with Crippen molar-refractivity contribution in [3.63, 3.8) is 0 Å². The first-order valence-electron chi connectivity index (χ1n) is 9.16. The predicted octanol–water partition coefficient (Wildman–Crippen LogP) is -0.953. The number of carboxylic acids is 1. The molecule has 0 aliphatic carbocycles. The van der Waals surface area contributed by atoms with Gasteiger partial charge in [-0.2, -0.15) is 0 Å². The second-order valence-corrected chi connectivity index (χ2v) is 5.96. The lowest BCUT2D eigenvalue weighted by Gasteiger charge is -2.20. The summed E-state index contributed by atoms with van der Waals surface area (Å²) in [5.74, 6) is -0.850. The molecule has 1 atom stereocenters. The van der Waals surface area contributed by atoms with E-state index in [2.05, 4.69) is 33.5 Å². The Morgan fingerprint density at radius 1 is 0.960 bits per heavy atom. The minimum atomic E-state index is -0.850. The lowest BCUT2D eigenvalue weighted by Crippen LogP contribution is -2.43. The van der Waals surface area contributed by atoms with Gasteiger partial charge >= 0.3 is 12.0 Å². The van der Waals surface area contributed by atoms with Crippen molar-refractivity contribution in [2.75, 3.05) is 52.4 Å². The van der Waals surface area contributed by atoms with Gasteiger partial charge in [0.05, 0.1) is 6.54 Å². The summed E-state index contributed by atoms with van der Waals surface area (Å²) in [5.41, 5.74) is 5.06. The smallest absolute Gasteiger partial charge is 0.317 e. The molecule has 8 N–H and O–H groups in total. The molecule has 0 aliphatic rings. The van der Waals surface area contributed by atoms with E-state index in [1.54, 1.807) is 0 Å². The van der Waals surface area contributed by atoms with Crippen LogP contribution in [0.15, 0.2) is 0 Å². The van der Waals surface area contributed by atoms with Crippen LogP contribution in [0.4, 0.5) is 4.79 Å². The Kier molecular flexibility index (Phi) is 16.4. The Morgan fingerprint density at radius 2 is 1.68 bits per heavy atom. The molecule has 0 rings (SSSR count). The normalized spacial score (nSPS) is 12.0. The van der Waals surface area contributed by atoms with Gasteiger partial charge in [0, 0.05) is 45.3 Å². The van der Waals surface area contributed by atoms with E-state index in [1.165, 1.54) is 12.8 Å². The van der Waals surface area contributed by atoms with Crippen LogP contribution >= 0.6 is 0 Å². The Morgan fingerprint density at radius 3 is 2.36 bits per heavy atom. The van der Waals surface area contributed by atoms with Gasteiger partial charge in [0.2, 0.25) is 0 Å². The molecule has 0 fully saturated rings. The van der Waals surface area contributed by atoms with E-state index >= 15 is 0 Å². The zero-order valence-electron chi connectivity index (χ0n) is 15.4. The molecule has 0 bridgehead atoms. The van der Waals surface area contributed by atoms with E-state index < -0.39 is 12.0 Å². The third kappa shape index (κ3) is 18.8. The Bertz CT molecular complexity index is 344. The largest absolute Gasteiger partial charge is 0.480 e. The van der Waals surface area contributed by atoms with Gasteiger partial charge in [0.15, 0.2) is 0 Å². The number of carboxylic acid groups (broad SMARTS) is 1. The fourth-order valence-corrected chi connectivity index (χ4v) is 2.28. The lowest BCUT2D eigenvalue weighted by atomic mass is 10.1. The third-order valence-electron chi connectivity index (χ3n) is 3.62. The molecule has 0 aromatic carbocycles. The average Bonchev–Trinajstić information content (AvgIpc) is 2.56. The van der Waals surface area contributed by atoms with Crippen molar-refractivity contribution in [1.82, 2.24) is 26.6 Å². The second kappa shape index (κ2) is 17.4. The highest BCUT2D eigenvalue weighted by molar-refractivity contribution is 5.71. The monoisotopic (exact) mass is 360 g/mol. The third-order valence-corrected chi connectivity index (χ3v) is 3.62. The highest BCUT2D eigenvalue weighted by Crippen LogP contribution is 1.95. The maximum absolute atomic E-state index is 10.7. The highest BCUT2D eigenvalue weighted by Gasteiger charge is 2.07. The first-order chi connectivity index (χ1) is 12.1. The molecule has 9 heteroatoms. The van der Waals surface area contributed by atoms with Gasteiger partial charge < -0.3 is 37.4 Å². The molecular formula is C16H36N6O3. The quantitative estimate of drug-likeness (QED) is 0.156. The number of nitrogens with two attached hydrogens (primary N) is 1. The number of aliphatic carboxylic acids is 1. The number of carbonyl (C=O) groups is 2. The molecule has 0 aliphatic heterocycles. The Labute approximate surface area is 150 Å². The number of unbranched alkanes of at least 4 members (excludes halogenated alkanes) is 1. The van der Waals surface area contributed by atoms with Crippen molar-refractivity contribution in [2.45, 2.75) is 38.6 Å². The Balaban J connectivity index is 3.85. The summed E-state index contributed by atoms with van der Waals surface area (Å²) in [7, 11) is 0. The molecule has 148 valence electrons. The number of urea groups is 1. The van der Waals surface area contributed by atoms with E-state index in [9.17, 15) is 9.59 Å². The minimum Gasteiger partial charge on any atom is -0.480 e. The summed E-state index contributed by atoms with van der Waals surface area (Å²) in [6, 6.07) is -0.200. The fourth-order valence-electron chi connectivity index (χ4n) is 2.28. The van der Waals surface area contributed by atoms with Crippen LogP contribution in [0.25, 0.3) is 0 Å². The van der Waals surface area contributed by atoms with Gasteiger partial charge in [-0.1, -0.05) is 13.3 Å². The van der Waals surface area contributed by atoms with E-state index in [0.717, 1.165) is 39.0 Å². The van der Waals surface area contributed by atoms with Crippen LogP contribution in [0.5, 0.6) is 0 Å². The molecule has 0 heterocycles. The first-order valence-corrected chi connectivity index (χ1v) is 9.16. The molecule has 0 spiro atoms. The van der Waals surface area contributed by atoms with Crippen molar-refractivity contribution < 1.29 is 14.7 Å². The van der Waals surface area contributed by atoms with Gasteiger partial charge in [-0.3, -0.25) is 4.79 Å². The van der Waals surface area contributed by atoms with Crippen LogP contribution in [0.1, 0.15) is 32.6 Å². The standard InChI is InChI=1S/C16H36N6O3/c1-2-3-6-18-10-11-21-14(5-4-7-22-16(17)25)12-19-8-9-20-13-15(23)24/h14,18-21H,2-13H2,1H3,(H,23,24)(H3,17,22,25). The molecule has 0 radical (unpaired) electrons. The van der Waals surface area contributed by atoms with Gasteiger partial charge in [-0.05, 0) is 25.8 Å². The topological polar surface area (TPSA) is 141 Å². The fraction of sp³-hybridized carbons (Fsp3) is 0.875. The van der Waals surface area contributed by atoms with Gasteiger partial charge in [0.25, 0.3) is 0 Å². The molecule has 9 nitrogen and oxygen atoms in total. The highest BCUT2D eigenvalue weighted by atomic mass is 16.4. The van der Waals surface area contributed by atoms with Crippen molar-refractivity contribution in [2.24, 2.45) is 5.73 Å². The molecule has 0 aromatic rings. The van der Waals surface area contributed by atoms with E-state index in [4.69, 9.17) is 10.8 Å². The van der Waals surface area contributed by atoms with Crippen LogP contribution in [-0.4, -0.2) is 75.5 Å². The summed E-state index contributed by atoms with van der Waals surface area (Å²) in [6.45, 7) is 7.69. The number of carbonyl (C=O) groups excluding carboxylic acids is 1. The SMILES string of the molecule is CCCCNCCNC(CCCNC(N)=O)CNCCNCC(=O)O. The van der Waals surface area contributed by atoms with E-state index in [-0.39, 0.29) is 6.54 Å². The predicted molar refractivity (Wildman–Crippen MR) is 99.8 cm³/mol. The molecule has 0 saturated carbocycles. The summed E-state index contributed by atoms with van der Waals surface area (Å²) in [5, 5.41) is 24.2. The average molecular weight is 361 g/mol. The second-order valence-electron chi connectivity index (χ2n) is 5.96. The van der Waals surface area contributed by atoms with Crippen LogP contribution in [0.2, 0.25) is 0 Å². The van der Waals surface area contributed by atoms with Crippen LogP contribution in [0.3, 0.4) is 0 Å². The molecule has 25 heavy (non-hydrogen) atoms. The number of primary amides is 1. The molecule has 0 saturated heterocycles. The minimum absolute atomic E-state index is 0.0222. The van der Waals surface area contributed by atoms with Gasteiger partial charge in [-0.15, -0.1) is 0 Å². The first kappa shape index (κ1) is 23.6. The van der Waals surface area contributed by atoms with Gasteiger partial charge in [0.1, 0.15) is 0 Å². The maximum atomic E-state index is 10.7. The number of hydrogen-bond donors (Lipinski definition) is 7. The van der Waals surface area contributed by atoms with E-state index in [1.807, 2.05) is 0 Å². The van der Waals surface area contributed by atoms with Crippen molar-refractivity contribution in [3.8, 4) is 0 Å². The summed E-state index contributed by atoms with van der Waals surface area (Å²) < 4.78 is 0. The number of nitrogens with one attached hydrogen (secondary N) is 5. The number of hydrogen-bond acceptors (Lipinski definition) is 6. The zero-order chi connectivity index (χ0) is 18.8. The van der Waals surface area contributed by atoms with Crippen molar-refractivity contribution in [3.05, 3.63) is 0 Å². The molecule has 0 aromatic heterocycles. The van der Waals surface area contributed by atoms with Crippen molar-refractivity contribution in [1.29, 1.82) is 0 Å². The maximum Gasteiger partial charge on any atom is 0.317 e. The molecule has 1 unspecified atom stereocenters. The summed E-state index contributed by atoms with van der Waals surface area (Å²) in [6.07, 6.45) is 4.15. The van der Waals surface area contributed by atoms with Crippen LogP contribution in [-0.2, 0) is 4.79 Å². The van der Waals surface area contributed by atoms with E-state index in [0.29, 0.717) is 25.7 Å². The summed E-state index contributed by atoms with van der Waals surface area (Å²) in [4.78, 5) is 21.1. The number of amides is 2.